The first-order valence-corrected chi connectivity index (χ1v) is 7.35. The maximum atomic E-state index is 12.6. The second-order valence-electron chi connectivity index (χ2n) is 4.67. The van der Waals surface area contributed by atoms with Crippen LogP contribution in [0.1, 0.15) is 0 Å². The molecule has 8 heteroatoms. The fourth-order valence-corrected chi connectivity index (χ4v) is 3.24. The third kappa shape index (κ3) is 2.53. The molecule has 0 fully saturated rings. The van der Waals surface area contributed by atoms with Gasteiger partial charge in [0.2, 0.25) is 0 Å². The standard InChI is InChI=1S/C15H12N2O5S/c1-21-10-4-5-12(13(8-10)22-2)16-15(18)11-7-9(17(19)20)3-6-14(11)23-16/h3-8H,1-2H3. The van der Waals surface area contributed by atoms with E-state index in [0.29, 0.717) is 27.3 Å². The van der Waals surface area contributed by atoms with E-state index in [1.54, 1.807) is 31.4 Å². The van der Waals surface area contributed by atoms with E-state index in [4.69, 9.17) is 9.47 Å². The first-order valence-electron chi connectivity index (χ1n) is 6.58. The number of fused-ring (bicyclic) bond motifs is 1. The summed E-state index contributed by atoms with van der Waals surface area (Å²) in [6.07, 6.45) is 0. The molecule has 2 aromatic carbocycles. The summed E-state index contributed by atoms with van der Waals surface area (Å²) in [5.74, 6) is 1.09. The molecule has 118 valence electrons. The van der Waals surface area contributed by atoms with Crippen LogP contribution in [0.2, 0.25) is 0 Å². The van der Waals surface area contributed by atoms with Crippen molar-refractivity contribution in [2.45, 2.75) is 0 Å². The van der Waals surface area contributed by atoms with Gasteiger partial charge in [-0.3, -0.25) is 14.9 Å². The third-order valence-electron chi connectivity index (χ3n) is 3.38. The van der Waals surface area contributed by atoms with Crippen LogP contribution in [0.3, 0.4) is 0 Å². The number of aromatic nitrogens is 1. The molecule has 0 unspecified atom stereocenters. The van der Waals surface area contributed by atoms with Crippen molar-refractivity contribution in [2.75, 3.05) is 14.2 Å². The van der Waals surface area contributed by atoms with Gasteiger partial charge in [0.1, 0.15) is 17.2 Å². The van der Waals surface area contributed by atoms with Gasteiger partial charge >= 0.3 is 0 Å². The number of benzene rings is 2. The molecule has 0 aliphatic heterocycles. The number of hydrogen-bond acceptors (Lipinski definition) is 6. The van der Waals surface area contributed by atoms with Crippen LogP contribution < -0.4 is 15.0 Å². The van der Waals surface area contributed by atoms with Gasteiger partial charge in [-0.2, -0.15) is 0 Å². The van der Waals surface area contributed by atoms with Gasteiger partial charge in [-0.1, -0.05) is 11.5 Å². The predicted octanol–water partition coefficient (Wildman–Crippen LogP) is 2.98. The van der Waals surface area contributed by atoms with Gasteiger partial charge < -0.3 is 9.47 Å². The van der Waals surface area contributed by atoms with Gasteiger partial charge in [-0.05, 0) is 18.2 Å². The molecule has 0 amide bonds. The van der Waals surface area contributed by atoms with Crippen LogP contribution in [-0.2, 0) is 0 Å². The Morgan fingerprint density at radius 2 is 1.91 bits per heavy atom. The molecule has 0 bridgehead atoms. The van der Waals surface area contributed by atoms with Crippen LogP contribution >= 0.6 is 11.5 Å². The normalized spacial score (nSPS) is 10.7. The van der Waals surface area contributed by atoms with Gasteiger partial charge in [0, 0.05) is 18.2 Å². The summed E-state index contributed by atoms with van der Waals surface area (Å²) in [5, 5.41) is 11.2. The highest BCUT2D eigenvalue weighted by atomic mass is 32.1. The molecule has 1 aromatic heterocycles. The van der Waals surface area contributed by atoms with Crippen molar-refractivity contribution in [1.82, 2.24) is 3.96 Å². The number of nitro groups is 1. The summed E-state index contributed by atoms with van der Waals surface area (Å²) in [6, 6.07) is 9.36. The van der Waals surface area contributed by atoms with E-state index in [0.717, 1.165) is 0 Å². The van der Waals surface area contributed by atoms with Gasteiger partial charge in [0.15, 0.2) is 0 Å². The minimum atomic E-state index is -0.519. The Kier molecular flexibility index (Phi) is 3.75. The fourth-order valence-electron chi connectivity index (χ4n) is 2.24. The molecule has 0 aliphatic rings. The smallest absolute Gasteiger partial charge is 0.273 e. The lowest BCUT2D eigenvalue weighted by Crippen LogP contribution is -2.11. The molecule has 0 atom stereocenters. The zero-order valence-electron chi connectivity index (χ0n) is 12.3. The average molecular weight is 332 g/mol. The lowest BCUT2D eigenvalue weighted by Gasteiger charge is -2.09. The van der Waals surface area contributed by atoms with Gasteiger partial charge in [0.25, 0.3) is 11.2 Å². The van der Waals surface area contributed by atoms with E-state index >= 15 is 0 Å². The second kappa shape index (κ2) is 5.73. The summed E-state index contributed by atoms with van der Waals surface area (Å²) >= 11 is 1.20. The lowest BCUT2D eigenvalue weighted by molar-refractivity contribution is -0.384. The highest BCUT2D eigenvalue weighted by Crippen LogP contribution is 2.31. The van der Waals surface area contributed by atoms with Crippen molar-refractivity contribution >= 4 is 27.3 Å². The maximum absolute atomic E-state index is 12.6. The van der Waals surface area contributed by atoms with Gasteiger partial charge in [0.05, 0.1) is 29.2 Å². The highest BCUT2D eigenvalue weighted by Gasteiger charge is 2.16. The lowest BCUT2D eigenvalue weighted by atomic mass is 10.2. The largest absolute Gasteiger partial charge is 0.497 e. The number of ether oxygens (including phenoxy) is 2. The summed E-state index contributed by atoms with van der Waals surface area (Å²) in [5.41, 5.74) is 0.126. The minimum absolute atomic E-state index is 0.110. The molecule has 0 saturated carbocycles. The Morgan fingerprint density at radius 1 is 1.13 bits per heavy atom. The van der Waals surface area contributed by atoms with Crippen LogP contribution in [0.15, 0.2) is 41.2 Å². The van der Waals surface area contributed by atoms with E-state index in [9.17, 15) is 14.9 Å². The SMILES string of the molecule is COc1ccc(-n2sc3ccc([N+](=O)[O-])cc3c2=O)c(OC)c1. The van der Waals surface area contributed by atoms with Crippen molar-refractivity contribution in [1.29, 1.82) is 0 Å². The number of methoxy groups -OCH3 is 2. The van der Waals surface area contributed by atoms with Crippen molar-refractivity contribution < 1.29 is 14.4 Å². The Labute approximate surface area is 134 Å². The fraction of sp³-hybridized carbons (Fsp3) is 0.133. The molecule has 0 radical (unpaired) electrons. The minimum Gasteiger partial charge on any atom is -0.497 e. The number of nitrogens with zero attached hydrogens (tertiary/aromatic N) is 2. The monoisotopic (exact) mass is 332 g/mol. The highest BCUT2D eigenvalue weighted by molar-refractivity contribution is 7.14. The molecule has 7 nitrogen and oxygen atoms in total. The predicted molar refractivity (Wildman–Crippen MR) is 87.2 cm³/mol. The number of rotatable bonds is 4. The second-order valence-corrected chi connectivity index (χ2v) is 5.65. The zero-order chi connectivity index (χ0) is 16.6. The Bertz CT molecular complexity index is 960. The summed E-state index contributed by atoms with van der Waals surface area (Å²) in [4.78, 5) is 22.9. The molecular formula is C15H12N2O5S. The number of non-ortho nitro benzene ring substituents is 1. The summed E-state index contributed by atoms with van der Waals surface area (Å²) < 4.78 is 12.6. The van der Waals surface area contributed by atoms with E-state index < -0.39 is 4.92 Å². The van der Waals surface area contributed by atoms with E-state index in [-0.39, 0.29) is 11.2 Å². The van der Waals surface area contributed by atoms with Crippen LogP contribution in [0.25, 0.3) is 15.8 Å². The number of nitro benzene ring substituents is 1. The van der Waals surface area contributed by atoms with Crippen LogP contribution in [0.5, 0.6) is 11.5 Å². The number of hydrogen-bond donors (Lipinski definition) is 0. The van der Waals surface area contributed by atoms with Crippen molar-refractivity contribution in [3.63, 3.8) is 0 Å². The Morgan fingerprint density at radius 3 is 2.57 bits per heavy atom. The molecule has 0 N–H and O–H groups in total. The molecular weight excluding hydrogens is 320 g/mol. The van der Waals surface area contributed by atoms with Crippen molar-refractivity contribution in [3.05, 3.63) is 56.9 Å². The topological polar surface area (TPSA) is 83.6 Å². The zero-order valence-corrected chi connectivity index (χ0v) is 13.1. The average Bonchev–Trinajstić information content (AvgIpc) is 2.90. The van der Waals surface area contributed by atoms with Gasteiger partial charge in [-0.25, -0.2) is 3.96 Å². The van der Waals surface area contributed by atoms with Gasteiger partial charge in [-0.15, -0.1) is 0 Å². The van der Waals surface area contributed by atoms with E-state index in [1.165, 1.54) is 34.7 Å². The molecule has 1 heterocycles. The molecule has 0 aliphatic carbocycles. The molecule has 3 rings (SSSR count). The van der Waals surface area contributed by atoms with Crippen molar-refractivity contribution in [2.24, 2.45) is 0 Å². The first-order chi connectivity index (χ1) is 11.0. The molecule has 3 aromatic rings. The van der Waals surface area contributed by atoms with Crippen LogP contribution in [0, 0.1) is 10.1 Å². The Balaban J connectivity index is 2.23. The van der Waals surface area contributed by atoms with Crippen LogP contribution in [0.4, 0.5) is 5.69 Å². The maximum Gasteiger partial charge on any atom is 0.273 e. The summed E-state index contributed by atoms with van der Waals surface area (Å²) in [7, 11) is 3.04. The van der Waals surface area contributed by atoms with Crippen LogP contribution in [-0.4, -0.2) is 23.1 Å². The first kappa shape index (κ1) is 15.0. The summed E-state index contributed by atoms with van der Waals surface area (Å²) in [6.45, 7) is 0. The molecule has 23 heavy (non-hydrogen) atoms. The molecule has 0 saturated heterocycles. The Hall–Kier alpha value is -2.87. The van der Waals surface area contributed by atoms with E-state index in [1.807, 2.05) is 0 Å². The third-order valence-corrected chi connectivity index (χ3v) is 4.48. The molecule has 0 spiro atoms. The van der Waals surface area contributed by atoms with E-state index in [2.05, 4.69) is 0 Å². The quantitative estimate of drug-likeness (QED) is 0.542. The van der Waals surface area contributed by atoms with Crippen molar-refractivity contribution in [3.8, 4) is 17.2 Å².